The maximum absolute atomic E-state index is 11.8. The number of nitrogens with one attached hydrogen (secondary N) is 1. The molecule has 8 heteroatoms. The fraction of sp³-hybridized carbons (Fsp3) is 0.143. The summed E-state index contributed by atoms with van der Waals surface area (Å²) >= 11 is 17.9. The van der Waals surface area contributed by atoms with Crippen molar-refractivity contribution >= 4 is 46.2 Å². The van der Waals surface area contributed by atoms with Crippen LogP contribution in [0.5, 0.6) is 5.75 Å². The van der Waals surface area contributed by atoms with Crippen molar-refractivity contribution < 1.29 is 9.52 Å². The maximum Gasteiger partial charge on any atom is 0.348 e. The topological polar surface area (TPSA) is 74.8 Å². The van der Waals surface area contributed by atoms with Crippen molar-refractivity contribution in [2.75, 3.05) is 5.43 Å². The van der Waals surface area contributed by atoms with E-state index in [4.69, 9.17) is 39.2 Å². The third kappa shape index (κ3) is 3.55. The van der Waals surface area contributed by atoms with Crippen LogP contribution >= 0.6 is 34.8 Å². The van der Waals surface area contributed by atoms with Gasteiger partial charge in [0.15, 0.2) is 0 Å². The minimum absolute atomic E-state index is 0.0423. The van der Waals surface area contributed by atoms with Crippen molar-refractivity contribution in [1.82, 2.24) is 0 Å². The van der Waals surface area contributed by atoms with Crippen molar-refractivity contribution in [3.05, 3.63) is 55.0 Å². The largest absolute Gasteiger partial charge is 0.507 e. The lowest BCUT2D eigenvalue weighted by Crippen LogP contribution is -2.14. The van der Waals surface area contributed by atoms with Gasteiger partial charge in [0.25, 0.3) is 0 Å². The normalized spacial score (nSPS) is 11.6. The first kappa shape index (κ1) is 16.7. The fourth-order valence-electron chi connectivity index (χ4n) is 1.77. The van der Waals surface area contributed by atoms with Gasteiger partial charge in [-0.25, -0.2) is 4.79 Å². The molecule has 0 bridgehead atoms. The van der Waals surface area contributed by atoms with Crippen LogP contribution in [-0.4, -0.2) is 10.8 Å². The quantitative estimate of drug-likeness (QED) is 0.625. The number of aryl methyl sites for hydroxylation is 1. The minimum atomic E-state index is -0.686. The molecule has 2 N–H and O–H groups in total. The number of hydrogen-bond acceptors (Lipinski definition) is 5. The first-order valence-electron chi connectivity index (χ1n) is 6.08. The number of hydrazone groups is 1. The molecule has 0 radical (unpaired) electrons. The molecule has 0 saturated carbocycles. The fourth-order valence-corrected chi connectivity index (χ4v) is 2.68. The van der Waals surface area contributed by atoms with Gasteiger partial charge in [-0.05, 0) is 26.0 Å². The molecule has 0 aliphatic rings. The molecule has 0 spiro atoms. The van der Waals surface area contributed by atoms with Crippen LogP contribution in [0.2, 0.25) is 15.1 Å². The third-order valence-corrected chi connectivity index (χ3v) is 3.57. The molecule has 0 saturated heterocycles. The molecule has 2 rings (SSSR count). The maximum atomic E-state index is 11.8. The molecule has 22 heavy (non-hydrogen) atoms. The molecule has 2 aromatic rings. The highest BCUT2D eigenvalue weighted by Gasteiger charge is 2.14. The van der Waals surface area contributed by atoms with Crippen LogP contribution in [-0.2, 0) is 0 Å². The van der Waals surface area contributed by atoms with Crippen LogP contribution in [0.1, 0.15) is 18.2 Å². The Kier molecular flexibility index (Phi) is 5.01. The van der Waals surface area contributed by atoms with E-state index in [0.29, 0.717) is 16.5 Å². The zero-order chi connectivity index (χ0) is 16.4. The zero-order valence-corrected chi connectivity index (χ0v) is 13.8. The molecular weight excluding hydrogens is 351 g/mol. The second-order valence-electron chi connectivity index (χ2n) is 4.46. The van der Waals surface area contributed by atoms with Gasteiger partial charge in [0.2, 0.25) is 0 Å². The summed E-state index contributed by atoms with van der Waals surface area (Å²) in [5, 5.41) is 14.8. The van der Waals surface area contributed by atoms with Gasteiger partial charge < -0.3 is 9.52 Å². The van der Waals surface area contributed by atoms with Crippen LogP contribution in [0, 0.1) is 6.92 Å². The van der Waals surface area contributed by atoms with Gasteiger partial charge in [-0.15, -0.1) is 0 Å². The molecule has 5 nitrogen and oxygen atoms in total. The lowest BCUT2D eigenvalue weighted by molar-refractivity contribution is 0.432. The second kappa shape index (κ2) is 6.60. The Morgan fingerprint density at radius 1 is 1.23 bits per heavy atom. The summed E-state index contributed by atoms with van der Waals surface area (Å²) in [4.78, 5) is 11.8. The highest BCUT2D eigenvalue weighted by atomic mass is 35.5. The van der Waals surface area contributed by atoms with E-state index >= 15 is 0 Å². The van der Waals surface area contributed by atoms with Crippen molar-refractivity contribution in [2.45, 2.75) is 13.8 Å². The Hall–Kier alpha value is -1.69. The molecule has 116 valence electrons. The van der Waals surface area contributed by atoms with Crippen LogP contribution in [0.25, 0.3) is 0 Å². The standard InChI is InChI=1S/C14H11Cl3N2O3/c1-6-3-11(20)12(14(21)22-6)7(2)18-19-13-9(16)4-8(15)5-10(13)17/h3-5,19-20H,1-2H3. The molecule has 0 atom stereocenters. The number of rotatable bonds is 3. The average Bonchev–Trinajstić information content (AvgIpc) is 2.35. The van der Waals surface area contributed by atoms with Gasteiger partial charge in [-0.1, -0.05) is 34.8 Å². The number of benzene rings is 1. The average molecular weight is 362 g/mol. The summed E-state index contributed by atoms with van der Waals surface area (Å²) in [5.41, 5.74) is 2.47. The number of anilines is 1. The Labute approximate surface area is 141 Å². The highest BCUT2D eigenvalue weighted by molar-refractivity contribution is 6.41. The SMILES string of the molecule is CC(=NNc1c(Cl)cc(Cl)cc1Cl)c1c(O)cc(C)oc1=O. The van der Waals surface area contributed by atoms with Crippen molar-refractivity contribution in [3.8, 4) is 5.75 Å². The summed E-state index contributed by atoms with van der Waals surface area (Å²) in [5.74, 6) is 0.0842. The van der Waals surface area contributed by atoms with E-state index in [1.54, 1.807) is 6.92 Å². The molecule has 0 aliphatic heterocycles. The molecule has 0 amide bonds. The summed E-state index contributed by atoms with van der Waals surface area (Å²) < 4.78 is 4.93. The summed E-state index contributed by atoms with van der Waals surface area (Å²) in [6.45, 7) is 3.09. The number of hydrogen-bond donors (Lipinski definition) is 2. The Bertz CT molecular complexity index is 792. The molecule has 0 aliphatic carbocycles. The van der Waals surface area contributed by atoms with Gasteiger partial charge in [0.1, 0.15) is 17.1 Å². The van der Waals surface area contributed by atoms with E-state index in [9.17, 15) is 9.90 Å². The van der Waals surface area contributed by atoms with Gasteiger partial charge in [0, 0.05) is 11.1 Å². The lowest BCUT2D eigenvalue weighted by atomic mass is 10.2. The first-order valence-corrected chi connectivity index (χ1v) is 7.22. The van der Waals surface area contributed by atoms with E-state index < -0.39 is 5.63 Å². The Morgan fingerprint density at radius 2 is 1.82 bits per heavy atom. The summed E-state index contributed by atoms with van der Waals surface area (Å²) in [6.07, 6.45) is 0. The zero-order valence-electron chi connectivity index (χ0n) is 11.6. The van der Waals surface area contributed by atoms with E-state index in [1.807, 2.05) is 0 Å². The smallest absolute Gasteiger partial charge is 0.348 e. The number of halogens is 3. The molecule has 1 heterocycles. The van der Waals surface area contributed by atoms with E-state index in [2.05, 4.69) is 10.5 Å². The molecule has 0 unspecified atom stereocenters. The van der Waals surface area contributed by atoms with Gasteiger partial charge >= 0.3 is 5.63 Å². The second-order valence-corrected chi connectivity index (χ2v) is 5.71. The van der Waals surface area contributed by atoms with Crippen LogP contribution < -0.4 is 11.1 Å². The van der Waals surface area contributed by atoms with Gasteiger partial charge in [0.05, 0.1) is 21.4 Å². The molecule has 1 aromatic heterocycles. The predicted octanol–water partition coefficient (Wildman–Crippen LogP) is 4.45. The Balaban J connectivity index is 2.38. The van der Waals surface area contributed by atoms with E-state index in [0.717, 1.165) is 0 Å². The Morgan fingerprint density at radius 3 is 2.36 bits per heavy atom. The molecule has 0 fully saturated rings. The number of nitrogens with zero attached hydrogens (tertiary/aromatic N) is 1. The first-order chi connectivity index (χ1) is 10.3. The monoisotopic (exact) mass is 360 g/mol. The highest BCUT2D eigenvalue weighted by Crippen LogP contribution is 2.33. The van der Waals surface area contributed by atoms with Crippen molar-refractivity contribution in [2.24, 2.45) is 5.10 Å². The van der Waals surface area contributed by atoms with Gasteiger partial charge in [-0.3, -0.25) is 5.43 Å². The van der Waals surface area contributed by atoms with E-state index in [-0.39, 0.29) is 27.1 Å². The van der Waals surface area contributed by atoms with Crippen molar-refractivity contribution in [1.29, 1.82) is 0 Å². The molecular formula is C14H11Cl3N2O3. The van der Waals surface area contributed by atoms with Crippen molar-refractivity contribution in [3.63, 3.8) is 0 Å². The van der Waals surface area contributed by atoms with Crippen LogP contribution in [0.3, 0.4) is 0 Å². The number of aromatic hydroxyl groups is 1. The minimum Gasteiger partial charge on any atom is -0.507 e. The van der Waals surface area contributed by atoms with Crippen LogP contribution in [0.15, 0.2) is 32.5 Å². The van der Waals surface area contributed by atoms with Crippen LogP contribution in [0.4, 0.5) is 5.69 Å². The predicted molar refractivity (Wildman–Crippen MR) is 88.7 cm³/mol. The van der Waals surface area contributed by atoms with E-state index in [1.165, 1.54) is 25.1 Å². The third-order valence-electron chi connectivity index (χ3n) is 2.76. The summed E-state index contributed by atoms with van der Waals surface area (Å²) in [7, 11) is 0. The molecule has 1 aromatic carbocycles. The van der Waals surface area contributed by atoms with Gasteiger partial charge in [-0.2, -0.15) is 5.10 Å². The lowest BCUT2D eigenvalue weighted by Gasteiger charge is -2.08. The summed E-state index contributed by atoms with van der Waals surface area (Å²) in [6, 6.07) is 4.33.